The quantitative estimate of drug-likeness (QED) is 0.0899. The fourth-order valence-electron chi connectivity index (χ4n) is 11.2. The number of nitrogens with zero attached hydrogens (tertiary/aromatic N) is 3. The van der Waals surface area contributed by atoms with E-state index in [-0.39, 0.29) is 24.0 Å². The van der Waals surface area contributed by atoms with E-state index >= 15 is 19.2 Å². The number of urea groups is 1. The van der Waals surface area contributed by atoms with Crippen molar-refractivity contribution >= 4 is 56.2 Å². The van der Waals surface area contributed by atoms with Crippen LogP contribution >= 0.6 is 11.3 Å². The molecule has 0 radical (unpaired) electrons. The SMILES string of the molecule is CC(NC(=O)N1C(=O)C2(c3cc(C#CC4=CCCCC4)ccc31)C(C(=O)Nc1nc3ccccc3s1)C1C(=O)OC(c3ccccc3)C(c3ccccc3)N1C2c1cccc(OCCO)c1)c1ccccc1. The number of allylic oxidation sites excluding steroid dienone is 2. The normalized spacial score (nSPS) is 22.8. The number of aliphatic hydroxyl groups excluding tert-OH is 1. The Labute approximate surface area is 421 Å². The largest absolute Gasteiger partial charge is 0.491 e. The number of rotatable bonds is 10. The lowest BCUT2D eigenvalue weighted by Gasteiger charge is -2.46. The van der Waals surface area contributed by atoms with Gasteiger partial charge in [0.2, 0.25) is 11.8 Å². The second-order valence-electron chi connectivity index (χ2n) is 18.6. The van der Waals surface area contributed by atoms with Crippen LogP contribution in [0.5, 0.6) is 5.75 Å². The highest BCUT2D eigenvalue weighted by molar-refractivity contribution is 7.22. The maximum atomic E-state index is 16.8. The van der Waals surface area contributed by atoms with Crippen LogP contribution in [0.15, 0.2) is 169 Å². The third kappa shape index (κ3) is 8.31. The Balaban J connectivity index is 1.20. The lowest BCUT2D eigenvalue weighted by Crippen LogP contribution is -2.55. The van der Waals surface area contributed by atoms with Crippen LogP contribution < -0.4 is 20.3 Å². The monoisotopic (exact) mass is 973 g/mol. The average Bonchev–Trinajstić information content (AvgIpc) is 4.06. The summed E-state index contributed by atoms with van der Waals surface area (Å²) in [4.78, 5) is 71.7. The number of aliphatic hydroxyl groups is 1. The summed E-state index contributed by atoms with van der Waals surface area (Å²) in [6.45, 7) is 1.58. The molecule has 360 valence electrons. The Bertz CT molecular complexity index is 3270. The zero-order chi connectivity index (χ0) is 49.3. The summed E-state index contributed by atoms with van der Waals surface area (Å²) in [5.74, 6) is 3.51. The van der Waals surface area contributed by atoms with Crippen LogP contribution in [0.1, 0.15) is 90.2 Å². The number of thiazole rings is 1. The molecule has 2 saturated heterocycles. The third-order valence-corrected chi connectivity index (χ3v) is 15.3. The molecule has 7 unspecified atom stereocenters. The van der Waals surface area contributed by atoms with Crippen LogP contribution in [0.3, 0.4) is 0 Å². The number of carbonyl (C=O) groups excluding carboxylic acids is 4. The number of ether oxygens (including phenoxy) is 2. The molecule has 4 heterocycles. The van der Waals surface area contributed by atoms with Crippen LogP contribution in [0.25, 0.3) is 10.2 Å². The first kappa shape index (κ1) is 46.5. The van der Waals surface area contributed by atoms with Crippen molar-refractivity contribution < 1.29 is 33.8 Å². The van der Waals surface area contributed by atoms with E-state index in [1.54, 1.807) is 30.3 Å². The lowest BCUT2D eigenvalue weighted by molar-refractivity contribution is -0.177. The molecular weight excluding hydrogens is 923 g/mol. The fraction of sp³-hybridized carbons (Fsp3) is 0.237. The minimum atomic E-state index is -2.04. The number of amides is 4. The van der Waals surface area contributed by atoms with E-state index < -0.39 is 65.4 Å². The molecular formula is C59H51N5O7S. The summed E-state index contributed by atoms with van der Waals surface area (Å²) in [6.07, 6.45) is 5.15. The Morgan fingerprint density at radius 2 is 1.56 bits per heavy atom. The van der Waals surface area contributed by atoms with E-state index in [4.69, 9.17) is 14.5 Å². The summed E-state index contributed by atoms with van der Waals surface area (Å²) >= 11 is 1.27. The summed E-state index contributed by atoms with van der Waals surface area (Å²) < 4.78 is 13.6. The number of para-hydroxylation sites is 1. The van der Waals surface area contributed by atoms with Gasteiger partial charge in [-0.1, -0.05) is 145 Å². The summed E-state index contributed by atoms with van der Waals surface area (Å²) in [7, 11) is 0. The average molecular weight is 974 g/mol. The summed E-state index contributed by atoms with van der Waals surface area (Å²) in [6, 6.07) is 44.0. The van der Waals surface area contributed by atoms with Gasteiger partial charge in [0.15, 0.2) is 5.13 Å². The van der Waals surface area contributed by atoms with Gasteiger partial charge in [0.05, 0.1) is 46.6 Å². The van der Waals surface area contributed by atoms with Crippen molar-refractivity contribution in [2.45, 2.75) is 68.3 Å². The van der Waals surface area contributed by atoms with E-state index in [1.165, 1.54) is 11.3 Å². The van der Waals surface area contributed by atoms with Gasteiger partial charge >= 0.3 is 12.0 Å². The molecule has 3 aliphatic heterocycles. The number of hydrogen-bond acceptors (Lipinski definition) is 10. The van der Waals surface area contributed by atoms with Crippen LogP contribution in [0.4, 0.5) is 15.6 Å². The Hall–Kier alpha value is -7.89. The van der Waals surface area contributed by atoms with Crippen molar-refractivity contribution in [2.75, 3.05) is 23.4 Å². The first-order valence-electron chi connectivity index (χ1n) is 24.4. The van der Waals surface area contributed by atoms with Gasteiger partial charge in [-0.2, -0.15) is 0 Å². The van der Waals surface area contributed by atoms with Gasteiger partial charge < -0.3 is 25.2 Å². The molecule has 13 heteroatoms. The number of morpholine rings is 1. The zero-order valence-corrected chi connectivity index (χ0v) is 40.3. The number of nitrogens with one attached hydrogen (secondary N) is 2. The van der Waals surface area contributed by atoms with Crippen LogP contribution in [-0.4, -0.2) is 58.1 Å². The highest BCUT2D eigenvalue weighted by atomic mass is 32.1. The number of fused-ring (bicyclic) bond motifs is 4. The van der Waals surface area contributed by atoms with E-state index in [9.17, 15) is 5.11 Å². The predicted octanol–water partition coefficient (Wildman–Crippen LogP) is 10.3. The molecule has 12 nitrogen and oxygen atoms in total. The second-order valence-corrected chi connectivity index (χ2v) is 19.6. The van der Waals surface area contributed by atoms with Crippen molar-refractivity contribution in [3.05, 3.63) is 203 Å². The van der Waals surface area contributed by atoms with Gasteiger partial charge in [0, 0.05) is 5.56 Å². The number of cyclic esters (lactones) is 1. The maximum absolute atomic E-state index is 16.8. The molecule has 1 spiro atoms. The van der Waals surface area contributed by atoms with Crippen molar-refractivity contribution in [3.63, 3.8) is 0 Å². The van der Waals surface area contributed by atoms with Crippen LogP contribution in [-0.2, 0) is 24.5 Å². The van der Waals surface area contributed by atoms with E-state index in [2.05, 4.69) is 28.6 Å². The molecule has 4 aliphatic rings. The predicted molar refractivity (Wildman–Crippen MR) is 276 cm³/mol. The molecule has 11 rings (SSSR count). The number of imide groups is 1. The van der Waals surface area contributed by atoms with E-state index in [0.29, 0.717) is 33.5 Å². The van der Waals surface area contributed by atoms with Crippen molar-refractivity contribution in [1.82, 2.24) is 15.2 Å². The molecule has 1 aliphatic carbocycles. The molecule has 6 aromatic carbocycles. The highest BCUT2D eigenvalue weighted by Crippen LogP contribution is 2.66. The fourth-order valence-corrected chi connectivity index (χ4v) is 12.1. The van der Waals surface area contributed by atoms with Gasteiger partial charge in [-0.05, 0) is 108 Å². The van der Waals surface area contributed by atoms with Gasteiger partial charge in [-0.3, -0.25) is 19.3 Å². The van der Waals surface area contributed by atoms with Crippen LogP contribution in [0, 0.1) is 17.8 Å². The molecule has 4 amide bonds. The lowest BCUT2D eigenvalue weighted by atomic mass is 9.65. The molecule has 7 atom stereocenters. The first-order valence-corrected chi connectivity index (χ1v) is 25.2. The number of anilines is 2. The van der Waals surface area contributed by atoms with E-state index in [1.807, 2.05) is 139 Å². The standard InChI is InChI=1S/C59H51N5O7S/c1-37(40-19-8-3-9-20-40)60-58(69)63-47-32-31-39(30-29-38-17-6-2-7-18-38)35-45(47)59(56(63)68)49(54(66)62-57-61-46-27-14-15-28-48(46)72-57)51-55(67)71-52(42-23-12-5-13-24-42)50(41-21-10-4-11-22-41)64(51)53(59)43-25-16-26-44(36-43)70-34-33-65/h3-5,8-17,19-28,31-32,35-37,49-53,65H,2,6-7,18,33-34H2,1H3,(H,60,69)(H,61,62,66). The van der Waals surface area contributed by atoms with Crippen molar-refractivity contribution in [1.29, 1.82) is 0 Å². The van der Waals surface area contributed by atoms with E-state index in [0.717, 1.165) is 52.0 Å². The molecule has 1 aromatic heterocycles. The minimum Gasteiger partial charge on any atom is -0.491 e. The smallest absolute Gasteiger partial charge is 0.329 e. The summed E-state index contributed by atoms with van der Waals surface area (Å²) in [5.41, 5.74) is 3.62. The van der Waals surface area contributed by atoms with Gasteiger partial charge in [0.25, 0.3) is 0 Å². The molecule has 72 heavy (non-hydrogen) atoms. The summed E-state index contributed by atoms with van der Waals surface area (Å²) in [5, 5.41) is 16.4. The number of benzene rings is 6. The zero-order valence-electron chi connectivity index (χ0n) is 39.4. The molecule has 2 fully saturated rings. The molecule has 0 saturated carbocycles. The Morgan fingerprint density at radius 1 is 0.833 bits per heavy atom. The third-order valence-electron chi connectivity index (χ3n) is 14.3. The second kappa shape index (κ2) is 19.7. The first-order chi connectivity index (χ1) is 35.2. The highest BCUT2D eigenvalue weighted by Gasteiger charge is 2.75. The molecule has 7 aromatic rings. The topological polar surface area (TPSA) is 150 Å². The van der Waals surface area contributed by atoms with Crippen molar-refractivity contribution in [3.8, 4) is 17.6 Å². The number of esters is 1. The molecule has 3 N–H and O–H groups in total. The maximum Gasteiger partial charge on any atom is 0.329 e. The number of hydrogen-bond donors (Lipinski definition) is 3. The van der Waals surface area contributed by atoms with Crippen molar-refractivity contribution in [2.24, 2.45) is 5.92 Å². The molecule has 0 bridgehead atoms. The number of carbonyl (C=O) groups is 4. The Kier molecular flexibility index (Phi) is 12.7. The minimum absolute atomic E-state index is 0.0123. The van der Waals surface area contributed by atoms with Gasteiger partial charge in [0.1, 0.15) is 29.9 Å². The Morgan fingerprint density at radius 3 is 2.29 bits per heavy atom. The van der Waals surface area contributed by atoms with Crippen LogP contribution in [0.2, 0.25) is 0 Å². The van der Waals surface area contributed by atoms with Gasteiger partial charge in [-0.15, -0.1) is 0 Å². The number of aromatic nitrogens is 1. The van der Waals surface area contributed by atoms with Gasteiger partial charge in [-0.25, -0.2) is 14.7 Å².